The summed E-state index contributed by atoms with van der Waals surface area (Å²) in [6, 6.07) is 11.1. The van der Waals surface area contributed by atoms with Crippen LogP contribution in [0.1, 0.15) is 56.6 Å². The molecule has 0 radical (unpaired) electrons. The van der Waals surface area contributed by atoms with E-state index in [2.05, 4.69) is 5.32 Å². The molecule has 0 aromatic heterocycles. The van der Waals surface area contributed by atoms with Gasteiger partial charge in [0.15, 0.2) is 11.5 Å². The van der Waals surface area contributed by atoms with Crippen molar-refractivity contribution in [2.24, 2.45) is 0 Å². The summed E-state index contributed by atoms with van der Waals surface area (Å²) in [4.78, 5) is 27.9. The lowest BCUT2D eigenvalue weighted by Gasteiger charge is -2.31. The predicted molar refractivity (Wildman–Crippen MR) is 129 cm³/mol. The zero-order valence-corrected chi connectivity index (χ0v) is 20.3. The van der Waals surface area contributed by atoms with Gasteiger partial charge in [0.1, 0.15) is 11.9 Å². The van der Waals surface area contributed by atoms with Gasteiger partial charge in [-0.1, -0.05) is 37.5 Å². The zero-order chi connectivity index (χ0) is 24.5. The number of hydrogen-bond donors (Lipinski definition) is 1. The van der Waals surface area contributed by atoms with Gasteiger partial charge in [-0.15, -0.1) is 0 Å². The Morgan fingerprint density at radius 3 is 2.29 bits per heavy atom. The Kier molecular flexibility index (Phi) is 9.31. The molecule has 3 rings (SSSR count). The predicted octanol–water partition coefficient (Wildman–Crippen LogP) is 4.64. The topological polar surface area (TPSA) is 67.9 Å². The smallest absolute Gasteiger partial charge is 0.242 e. The van der Waals surface area contributed by atoms with Crippen LogP contribution in [0.2, 0.25) is 0 Å². The highest BCUT2D eigenvalue weighted by Crippen LogP contribution is 2.28. The third-order valence-electron chi connectivity index (χ3n) is 6.46. The van der Waals surface area contributed by atoms with Crippen LogP contribution in [0, 0.1) is 5.82 Å². The van der Waals surface area contributed by atoms with Crippen molar-refractivity contribution in [1.82, 2.24) is 10.2 Å². The maximum absolute atomic E-state index is 13.4. The average molecular weight is 471 g/mol. The minimum absolute atomic E-state index is 0.134. The van der Waals surface area contributed by atoms with Crippen LogP contribution in [0.5, 0.6) is 11.5 Å². The van der Waals surface area contributed by atoms with Crippen LogP contribution in [0.3, 0.4) is 0 Å². The molecule has 34 heavy (non-hydrogen) atoms. The Labute approximate surface area is 201 Å². The van der Waals surface area contributed by atoms with Gasteiger partial charge in [-0.25, -0.2) is 4.39 Å². The fourth-order valence-electron chi connectivity index (χ4n) is 4.37. The summed E-state index contributed by atoms with van der Waals surface area (Å²) in [6.07, 6.45) is 6.11. The van der Waals surface area contributed by atoms with Crippen LogP contribution in [0.25, 0.3) is 0 Å². The highest BCUT2D eigenvalue weighted by Gasteiger charge is 2.28. The summed E-state index contributed by atoms with van der Waals surface area (Å²) in [5.41, 5.74) is 1.71. The second kappa shape index (κ2) is 12.4. The van der Waals surface area contributed by atoms with E-state index in [-0.39, 0.29) is 36.6 Å². The Morgan fingerprint density at radius 2 is 1.65 bits per heavy atom. The van der Waals surface area contributed by atoms with Crippen molar-refractivity contribution in [3.05, 3.63) is 59.4 Å². The normalized spacial score (nSPS) is 14.8. The minimum atomic E-state index is -0.634. The van der Waals surface area contributed by atoms with Crippen molar-refractivity contribution in [1.29, 1.82) is 0 Å². The van der Waals surface area contributed by atoms with Gasteiger partial charge in [0.2, 0.25) is 11.8 Å². The molecular weight excluding hydrogens is 435 g/mol. The lowest BCUT2D eigenvalue weighted by atomic mass is 9.95. The monoisotopic (exact) mass is 470 g/mol. The van der Waals surface area contributed by atoms with E-state index in [1.165, 1.54) is 18.6 Å². The molecule has 0 unspecified atom stereocenters. The molecule has 1 N–H and O–H groups in total. The number of carbonyl (C=O) groups is 2. The van der Waals surface area contributed by atoms with E-state index in [0.717, 1.165) is 36.8 Å². The molecule has 1 atom stereocenters. The van der Waals surface area contributed by atoms with Gasteiger partial charge in [-0.2, -0.15) is 0 Å². The first-order valence-corrected chi connectivity index (χ1v) is 12.0. The number of benzene rings is 2. The molecule has 1 saturated carbocycles. The zero-order valence-electron chi connectivity index (χ0n) is 20.3. The molecule has 7 heteroatoms. The SMILES string of the molecule is COc1ccc(CCC(=O)N(Cc2ccc(F)cc2)[C@@H](C)C(=O)NC2CCCCC2)cc1OC. The van der Waals surface area contributed by atoms with Crippen LogP contribution in [0.4, 0.5) is 4.39 Å². The molecule has 0 aliphatic heterocycles. The summed E-state index contributed by atoms with van der Waals surface area (Å²) in [5, 5.41) is 3.13. The number of amides is 2. The quantitative estimate of drug-likeness (QED) is 0.549. The molecule has 1 aliphatic carbocycles. The molecule has 2 aromatic rings. The van der Waals surface area contributed by atoms with E-state index in [0.29, 0.717) is 17.9 Å². The lowest BCUT2D eigenvalue weighted by Crippen LogP contribution is -2.50. The molecule has 2 amide bonds. The number of carbonyl (C=O) groups excluding carboxylic acids is 2. The Morgan fingerprint density at radius 1 is 1.00 bits per heavy atom. The van der Waals surface area contributed by atoms with E-state index >= 15 is 0 Å². The van der Waals surface area contributed by atoms with E-state index in [1.54, 1.807) is 38.2 Å². The van der Waals surface area contributed by atoms with Gasteiger partial charge < -0.3 is 19.7 Å². The van der Waals surface area contributed by atoms with E-state index in [4.69, 9.17) is 9.47 Å². The number of nitrogens with one attached hydrogen (secondary N) is 1. The Hall–Kier alpha value is -3.09. The molecule has 184 valence electrons. The summed E-state index contributed by atoms with van der Waals surface area (Å²) in [6.45, 7) is 2.00. The fraction of sp³-hybridized carbons (Fsp3) is 0.481. The van der Waals surface area contributed by atoms with Crippen molar-refractivity contribution < 1.29 is 23.5 Å². The Bertz CT molecular complexity index is 958. The van der Waals surface area contributed by atoms with Crippen molar-refractivity contribution in [3.63, 3.8) is 0 Å². The molecule has 0 heterocycles. The number of hydrogen-bond acceptors (Lipinski definition) is 4. The maximum atomic E-state index is 13.4. The van der Waals surface area contributed by atoms with Crippen LogP contribution in [0.15, 0.2) is 42.5 Å². The summed E-state index contributed by atoms with van der Waals surface area (Å²) in [7, 11) is 3.15. The van der Waals surface area contributed by atoms with Gasteiger partial charge in [0.25, 0.3) is 0 Å². The lowest BCUT2D eigenvalue weighted by molar-refractivity contribution is -0.141. The summed E-state index contributed by atoms with van der Waals surface area (Å²) >= 11 is 0. The third-order valence-corrected chi connectivity index (χ3v) is 6.46. The van der Waals surface area contributed by atoms with E-state index in [1.807, 2.05) is 18.2 Å². The van der Waals surface area contributed by atoms with Crippen molar-refractivity contribution >= 4 is 11.8 Å². The molecule has 6 nitrogen and oxygen atoms in total. The van der Waals surface area contributed by atoms with Gasteiger partial charge in [-0.3, -0.25) is 9.59 Å². The van der Waals surface area contributed by atoms with Gasteiger partial charge in [0.05, 0.1) is 14.2 Å². The van der Waals surface area contributed by atoms with Crippen LogP contribution < -0.4 is 14.8 Å². The molecular formula is C27H35FN2O4. The molecule has 0 bridgehead atoms. The number of rotatable bonds is 10. The highest BCUT2D eigenvalue weighted by atomic mass is 19.1. The van der Waals surface area contributed by atoms with Crippen molar-refractivity contribution in [2.45, 2.75) is 70.5 Å². The van der Waals surface area contributed by atoms with Crippen molar-refractivity contribution in [3.8, 4) is 11.5 Å². The minimum Gasteiger partial charge on any atom is -0.493 e. The second-order valence-corrected chi connectivity index (χ2v) is 8.86. The molecule has 0 saturated heterocycles. The van der Waals surface area contributed by atoms with Crippen LogP contribution in [-0.2, 0) is 22.6 Å². The average Bonchev–Trinajstić information content (AvgIpc) is 2.86. The van der Waals surface area contributed by atoms with Gasteiger partial charge >= 0.3 is 0 Å². The second-order valence-electron chi connectivity index (χ2n) is 8.86. The third kappa shape index (κ3) is 6.95. The first-order chi connectivity index (χ1) is 16.4. The van der Waals surface area contributed by atoms with E-state index in [9.17, 15) is 14.0 Å². The Balaban J connectivity index is 1.71. The van der Waals surface area contributed by atoms with Gasteiger partial charge in [-0.05, 0) is 61.6 Å². The molecule has 1 aliphatic rings. The number of methoxy groups -OCH3 is 2. The number of halogens is 1. The first kappa shape index (κ1) is 25.5. The molecule has 0 spiro atoms. The van der Waals surface area contributed by atoms with Gasteiger partial charge in [0, 0.05) is 19.0 Å². The summed E-state index contributed by atoms with van der Waals surface area (Å²) in [5.74, 6) is 0.622. The number of aryl methyl sites for hydroxylation is 1. The van der Waals surface area contributed by atoms with Crippen LogP contribution >= 0.6 is 0 Å². The fourth-order valence-corrected chi connectivity index (χ4v) is 4.37. The summed E-state index contributed by atoms with van der Waals surface area (Å²) < 4.78 is 24.0. The molecule has 2 aromatic carbocycles. The number of nitrogens with zero attached hydrogens (tertiary/aromatic N) is 1. The maximum Gasteiger partial charge on any atom is 0.242 e. The van der Waals surface area contributed by atoms with Crippen LogP contribution in [-0.4, -0.2) is 43.0 Å². The van der Waals surface area contributed by atoms with E-state index < -0.39 is 6.04 Å². The first-order valence-electron chi connectivity index (χ1n) is 12.0. The standard InChI is InChI=1S/C27H35FN2O4/c1-19(27(32)29-23-7-5-4-6-8-23)30(18-21-9-13-22(28)14-10-21)26(31)16-12-20-11-15-24(33-2)25(17-20)34-3/h9-11,13-15,17,19,23H,4-8,12,16,18H2,1-3H3,(H,29,32)/t19-/m0/s1. The largest absolute Gasteiger partial charge is 0.493 e. The van der Waals surface area contributed by atoms with Crippen molar-refractivity contribution in [2.75, 3.05) is 14.2 Å². The number of ether oxygens (including phenoxy) is 2. The molecule has 1 fully saturated rings. The highest BCUT2D eigenvalue weighted by molar-refractivity contribution is 5.87.